The molecule has 0 saturated heterocycles. The van der Waals surface area contributed by atoms with E-state index >= 15 is 0 Å². The number of benzene rings is 2. The standard InChI is InChI=1S/C21H19N3O3/c1-14(25)15-5-3-6-17(9-15)23-19-10-16(12-22-13-19)21(26)24-18-7-4-8-20(11-18)27-2/h3-13,23H,1-2H3,(H,24,26). The highest BCUT2D eigenvalue weighted by atomic mass is 16.5. The number of carbonyl (C=O) groups is 2. The molecule has 0 fully saturated rings. The maximum atomic E-state index is 12.5. The summed E-state index contributed by atoms with van der Waals surface area (Å²) >= 11 is 0. The Balaban J connectivity index is 1.75. The van der Waals surface area contributed by atoms with Crippen LogP contribution in [0.3, 0.4) is 0 Å². The molecule has 27 heavy (non-hydrogen) atoms. The SMILES string of the molecule is COc1cccc(NC(=O)c2cncc(Nc3cccc(C(C)=O)c3)c2)c1. The van der Waals surface area contributed by atoms with Crippen LogP contribution in [0.25, 0.3) is 0 Å². The van der Waals surface area contributed by atoms with E-state index < -0.39 is 0 Å². The monoisotopic (exact) mass is 361 g/mol. The van der Waals surface area contributed by atoms with Gasteiger partial charge in [0.25, 0.3) is 5.91 Å². The molecule has 136 valence electrons. The lowest BCUT2D eigenvalue weighted by Gasteiger charge is -2.10. The number of aromatic nitrogens is 1. The van der Waals surface area contributed by atoms with E-state index in [2.05, 4.69) is 15.6 Å². The van der Waals surface area contributed by atoms with E-state index in [0.29, 0.717) is 28.3 Å². The Hall–Kier alpha value is -3.67. The fourth-order valence-electron chi connectivity index (χ4n) is 2.52. The van der Waals surface area contributed by atoms with Crippen molar-refractivity contribution in [3.05, 3.63) is 78.1 Å². The van der Waals surface area contributed by atoms with Crippen molar-refractivity contribution in [1.82, 2.24) is 4.98 Å². The summed E-state index contributed by atoms with van der Waals surface area (Å²) in [4.78, 5) is 28.1. The lowest BCUT2D eigenvalue weighted by atomic mass is 10.1. The van der Waals surface area contributed by atoms with Crippen molar-refractivity contribution in [2.75, 3.05) is 17.7 Å². The molecule has 0 saturated carbocycles. The molecule has 0 spiro atoms. The normalized spacial score (nSPS) is 10.1. The Kier molecular flexibility index (Phi) is 5.47. The van der Waals surface area contributed by atoms with Gasteiger partial charge < -0.3 is 15.4 Å². The van der Waals surface area contributed by atoms with Gasteiger partial charge in [-0.1, -0.05) is 18.2 Å². The first-order valence-corrected chi connectivity index (χ1v) is 8.33. The number of hydrogen-bond acceptors (Lipinski definition) is 5. The van der Waals surface area contributed by atoms with Crippen LogP contribution >= 0.6 is 0 Å². The molecule has 1 heterocycles. The summed E-state index contributed by atoms with van der Waals surface area (Å²) in [5, 5.41) is 5.98. The minimum Gasteiger partial charge on any atom is -0.497 e. The van der Waals surface area contributed by atoms with E-state index in [1.54, 1.807) is 61.8 Å². The van der Waals surface area contributed by atoms with Crippen molar-refractivity contribution in [3.8, 4) is 5.75 Å². The van der Waals surface area contributed by atoms with Gasteiger partial charge in [0.2, 0.25) is 0 Å². The zero-order chi connectivity index (χ0) is 19.2. The van der Waals surface area contributed by atoms with Crippen molar-refractivity contribution < 1.29 is 14.3 Å². The molecular formula is C21H19N3O3. The van der Waals surface area contributed by atoms with Gasteiger partial charge in [-0.25, -0.2) is 0 Å². The van der Waals surface area contributed by atoms with Crippen molar-refractivity contribution in [2.45, 2.75) is 6.92 Å². The summed E-state index contributed by atoms with van der Waals surface area (Å²) in [5.41, 5.74) is 3.04. The highest BCUT2D eigenvalue weighted by Crippen LogP contribution is 2.20. The van der Waals surface area contributed by atoms with E-state index in [-0.39, 0.29) is 11.7 Å². The lowest BCUT2D eigenvalue weighted by Crippen LogP contribution is -2.12. The molecule has 0 atom stereocenters. The second kappa shape index (κ2) is 8.14. The third-order valence-corrected chi connectivity index (χ3v) is 3.89. The molecule has 0 radical (unpaired) electrons. The first-order chi connectivity index (χ1) is 13.0. The van der Waals surface area contributed by atoms with Crippen LogP contribution in [0.4, 0.5) is 17.1 Å². The molecule has 6 heteroatoms. The number of hydrogen-bond donors (Lipinski definition) is 2. The van der Waals surface area contributed by atoms with Crippen LogP contribution in [0.1, 0.15) is 27.6 Å². The number of rotatable bonds is 6. The van der Waals surface area contributed by atoms with Crippen molar-refractivity contribution in [2.24, 2.45) is 0 Å². The summed E-state index contributed by atoms with van der Waals surface area (Å²) in [6.45, 7) is 1.52. The van der Waals surface area contributed by atoms with E-state index in [1.807, 2.05) is 6.07 Å². The van der Waals surface area contributed by atoms with Gasteiger partial charge in [-0.05, 0) is 37.3 Å². The van der Waals surface area contributed by atoms with Crippen LogP contribution in [0.15, 0.2) is 67.0 Å². The summed E-state index contributed by atoms with van der Waals surface area (Å²) in [7, 11) is 1.57. The smallest absolute Gasteiger partial charge is 0.257 e. The average Bonchev–Trinajstić information content (AvgIpc) is 2.68. The molecule has 6 nitrogen and oxygen atoms in total. The van der Waals surface area contributed by atoms with Crippen LogP contribution in [-0.4, -0.2) is 23.8 Å². The number of nitrogens with zero attached hydrogens (tertiary/aromatic N) is 1. The largest absolute Gasteiger partial charge is 0.497 e. The van der Waals surface area contributed by atoms with Crippen molar-refractivity contribution in [3.63, 3.8) is 0 Å². The van der Waals surface area contributed by atoms with Crippen LogP contribution < -0.4 is 15.4 Å². The number of ketones is 1. The maximum absolute atomic E-state index is 12.5. The highest BCUT2D eigenvalue weighted by Gasteiger charge is 2.09. The quantitative estimate of drug-likeness (QED) is 0.640. The molecule has 1 amide bonds. The first-order valence-electron chi connectivity index (χ1n) is 8.33. The number of methoxy groups -OCH3 is 1. The molecule has 0 bridgehead atoms. The molecule has 3 rings (SSSR count). The van der Waals surface area contributed by atoms with Gasteiger partial charge in [-0.3, -0.25) is 14.6 Å². The predicted molar refractivity (Wildman–Crippen MR) is 105 cm³/mol. The van der Waals surface area contributed by atoms with Crippen LogP contribution in [0.5, 0.6) is 5.75 Å². The number of pyridine rings is 1. The van der Waals surface area contributed by atoms with E-state index in [4.69, 9.17) is 4.74 Å². The predicted octanol–water partition coefficient (Wildman–Crippen LogP) is 4.29. The van der Waals surface area contributed by atoms with E-state index in [0.717, 1.165) is 5.69 Å². The Bertz CT molecular complexity index is 986. The Morgan fingerprint density at radius 3 is 2.41 bits per heavy atom. The number of ether oxygens (including phenoxy) is 1. The van der Waals surface area contributed by atoms with Gasteiger partial charge in [-0.2, -0.15) is 0 Å². The molecule has 3 aromatic rings. The summed E-state index contributed by atoms with van der Waals surface area (Å²) < 4.78 is 5.16. The summed E-state index contributed by atoms with van der Waals surface area (Å²) in [6.07, 6.45) is 3.11. The average molecular weight is 361 g/mol. The van der Waals surface area contributed by atoms with Crippen molar-refractivity contribution in [1.29, 1.82) is 0 Å². The Morgan fingerprint density at radius 1 is 0.889 bits per heavy atom. The number of carbonyl (C=O) groups excluding carboxylic acids is 2. The van der Waals surface area contributed by atoms with Crippen LogP contribution in [0, 0.1) is 0 Å². The summed E-state index contributed by atoms with van der Waals surface area (Å²) in [6, 6.07) is 16.0. The van der Waals surface area contributed by atoms with Crippen molar-refractivity contribution >= 4 is 28.8 Å². The fourth-order valence-corrected chi connectivity index (χ4v) is 2.52. The second-order valence-electron chi connectivity index (χ2n) is 5.91. The zero-order valence-electron chi connectivity index (χ0n) is 15.0. The lowest BCUT2D eigenvalue weighted by molar-refractivity contribution is 0.101. The van der Waals surface area contributed by atoms with Gasteiger partial charge in [-0.15, -0.1) is 0 Å². The van der Waals surface area contributed by atoms with Crippen LogP contribution in [0.2, 0.25) is 0 Å². The zero-order valence-corrected chi connectivity index (χ0v) is 15.0. The minimum atomic E-state index is -0.281. The fraction of sp³-hybridized carbons (Fsp3) is 0.0952. The number of amides is 1. The molecular weight excluding hydrogens is 342 g/mol. The second-order valence-corrected chi connectivity index (χ2v) is 5.91. The Morgan fingerprint density at radius 2 is 1.63 bits per heavy atom. The highest BCUT2D eigenvalue weighted by molar-refractivity contribution is 6.04. The maximum Gasteiger partial charge on any atom is 0.257 e. The summed E-state index contributed by atoms with van der Waals surface area (Å²) in [5.74, 6) is 0.367. The molecule has 0 aliphatic heterocycles. The molecule has 0 unspecified atom stereocenters. The molecule has 0 aliphatic carbocycles. The number of Topliss-reactive ketones (excluding diaryl/α,β-unsaturated/α-hetero) is 1. The van der Waals surface area contributed by atoms with Gasteiger partial charge in [0.15, 0.2) is 5.78 Å². The molecule has 2 aromatic carbocycles. The molecule has 1 aromatic heterocycles. The van der Waals surface area contributed by atoms with Crippen LogP contribution in [-0.2, 0) is 0 Å². The number of nitrogens with one attached hydrogen (secondary N) is 2. The third-order valence-electron chi connectivity index (χ3n) is 3.89. The topological polar surface area (TPSA) is 80.3 Å². The third kappa shape index (κ3) is 4.70. The van der Waals surface area contributed by atoms with Gasteiger partial charge in [0.1, 0.15) is 5.75 Å². The van der Waals surface area contributed by atoms with Gasteiger partial charge >= 0.3 is 0 Å². The molecule has 2 N–H and O–H groups in total. The van der Waals surface area contributed by atoms with Gasteiger partial charge in [0.05, 0.1) is 24.6 Å². The first kappa shape index (κ1) is 18.1. The molecule has 0 aliphatic rings. The van der Waals surface area contributed by atoms with E-state index in [9.17, 15) is 9.59 Å². The van der Waals surface area contributed by atoms with E-state index in [1.165, 1.54) is 13.1 Å². The minimum absolute atomic E-state index is 0.0109. The number of anilines is 3. The Labute approximate surface area is 157 Å². The van der Waals surface area contributed by atoms with Gasteiger partial charge in [0, 0.05) is 29.2 Å².